The molecule has 10 heteroatoms. The lowest BCUT2D eigenvalue weighted by molar-refractivity contribution is -0.126. The molecule has 4 N–H and O–H groups in total. The van der Waals surface area contributed by atoms with Gasteiger partial charge in [0.15, 0.2) is 0 Å². The molecule has 0 aliphatic heterocycles. The van der Waals surface area contributed by atoms with Crippen molar-refractivity contribution in [2.24, 2.45) is 5.73 Å². The van der Waals surface area contributed by atoms with Crippen LogP contribution in [0.5, 0.6) is 0 Å². The first-order valence-corrected chi connectivity index (χ1v) is 8.68. The lowest BCUT2D eigenvalue weighted by atomic mass is 10.3. The van der Waals surface area contributed by atoms with E-state index in [0.717, 1.165) is 0 Å². The second kappa shape index (κ2) is 19.7. The fourth-order valence-electron chi connectivity index (χ4n) is 1.66. The molecule has 10 nitrogen and oxygen atoms in total. The molecule has 0 radical (unpaired) electrons. The van der Waals surface area contributed by atoms with Gasteiger partial charge in [0.25, 0.3) is 0 Å². The second-order valence-corrected chi connectivity index (χ2v) is 5.11. The summed E-state index contributed by atoms with van der Waals surface area (Å²) >= 11 is 0. The number of carbonyl (C=O) groups is 3. The SMILES string of the molecule is NCCCC(=O)NCCOCCOCC(=O)NCCOCCOCC=O. The van der Waals surface area contributed by atoms with E-state index in [1.54, 1.807) is 0 Å². The predicted octanol–water partition coefficient (Wildman–Crippen LogP) is -1.78. The number of carbonyl (C=O) groups excluding carboxylic acids is 3. The van der Waals surface area contributed by atoms with Crippen molar-refractivity contribution in [1.29, 1.82) is 0 Å². The van der Waals surface area contributed by atoms with E-state index in [-0.39, 0.29) is 25.0 Å². The van der Waals surface area contributed by atoms with E-state index in [2.05, 4.69) is 10.6 Å². The number of amides is 2. The Hall–Kier alpha value is -1.59. The molecule has 0 heterocycles. The van der Waals surface area contributed by atoms with Crippen molar-refractivity contribution in [1.82, 2.24) is 10.6 Å². The molecule has 0 aromatic rings. The molecule has 0 saturated heterocycles. The minimum atomic E-state index is -0.238. The van der Waals surface area contributed by atoms with E-state index in [1.165, 1.54) is 0 Å². The highest BCUT2D eigenvalue weighted by Crippen LogP contribution is 1.85. The molecule has 0 aliphatic carbocycles. The van der Waals surface area contributed by atoms with Crippen molar-refractivity contribution in [2.75, 3.05) is 72.5 Å². The van der Waals surface area contributed by atoms with Gasteiger partial charge in [0.05, 0.1) is 39.6 Å². The zero-order valence-electron chi connectivity index (χ0n) is 15.2. The molecule has 0 unspecified atom stereocenters. The molecule has 0 rings (SSSR count). The fraction of sp³-hybridized carbons (Fsp3) is 0.812. The van der Waals surface area contributed by atoms with Gasteiger partial charge in [-0.1, -0.05) is 0 Å². The minimum Gasteiger partial charge on any atom is -0.377 e. The van der Waals surface area contributed by atoms with E-state index in [4.69, 9.17) is 24.7 Å². The molecule has 0 spiro atoms. The smallest absolute Gasteiger partial charge is 0.246 e. The van der Waals surface area contributed by atoms with E-state index in [9.17, 15) is 14.4 Å². The maximum atomic E-state index is 11.5. The van der Waals surface area contributed by atoms with Gasteiger partial charge < -0.3 is 40.1 Å². The normalized spacial score (nSPS) is 10.5. The number of nitrogens with one attached hydrogen (secondary N) is 2. The number of nitrogens with two attached hydrogens (primary N) is 1. The van der Waals surface area contributed by atoms with E-state index >= 15 is 0 Å². The van der Waals surface area contributed by atoms with Crippen LogP contribution in [0.1, 0.15) is 12.8 Å². The van der Waals surface area contributed by atoms with Gasteiger partial charge in [-0.3, -0.25) is 9.59 Å². The van der Waals surface area contributed by atoms with Crippen LogP contribution >= 0.6 is 0 Å². The van der Waals surface area contributed by atoms with Gasteiger partial charge in [0.1, 0.15) is 19.5 Å². The van der Waals surface area contributed by atoms with Crippen LogP contribution in [0, 0.1) is 0 Å². The summed E-state index contributed by atoms with van der Waals surface area (Å²) in [5.41, 5.74) is 5.31. The van der Waals surface area contributed by atoms with Gasteiger partial charge in [0, 0.05) is 19.5 Å². The molecule has 0 aliphatic rings. The maximum absolute atomic E-state index is 11.5. The Bertz CT molecular complexity index is 370. The van der Waals surface area contributed by atoms with Crippen LogP contribution in [-0.4, -0.2) is 90.6 Å². The first-order chi connectivity index (χ1) is 12.7. The van der Waals surface area contributed by atoms with Crippen LogP contribution in [0.4, 0.5) is 0 Å². The quantitative estimate of drug-likeness (QED) is 0.177. The van der Waals surface area contributed by atoms with Crippen LogP contribution in [0.25, 0.3) is 0 Å². The minimum absolute atomic E-state index is 0.0376. The van der Waals surface area contributed by atoms with Gasteiger partial charge in [-0.15, -0.1) is 0 Å². The molecule has 26 heavy (non-hydrogen) atoms. The summed E-state index contributed by atoms with van der Waals surface area (Å²) in [6.07, 6.45) is 1.77. The first-order valence-electron chi connectivity index (χ1n) is 8.68. The largest absolute Gasteiger partial charge is 0.377 e. The topological polar surface area (TPSA) is 138 Å². The number of hydrogen-bond donors (Lipinski definition) is 3. The summed E-state index contributed by atoms with van der Waals surface area (Å²) < 4.78 is 20.5. The van der Waals surface area contributed by atoms with Crippen molar-refractivity contribution in [2.45, 2.75) is 12.8 Å². The van der Waals surface area contributed by atoms with E-state index < -0.39 is 0 Å². The Morgan fingerprint density at radius 2 is 1.38 bits per heavy atom. The first kappa shape index (κ1) is 24.4. The Morgan fingerprint density at radius 3 is 2.00 bits per heavy atom. The molecule has 0 atom stereocenters. The number of hydrogen-bond acceptors (Lipinski definition) is 8. The molecule has 0 aromatic carbocycles. The maximum Gasteiger partial charge on any atom is 0.246 e. The fourth-order valence-corrected chi connectivity index (χ4v) is 1.66. The molecule has 2 amide bonds. The molecule has 0 aromatic heterocycles. The summed E-state index contributed by atoms with van der Waals surface area (Å²) in [5, 5.41) is 5.36. The highest BCUT2D eigenvalue weighted by molar-refractivity contribution is 5.77. The van der Waals surface area contributed by atoms with Crippen molar-refractivity contribution in [3.63, 3.8) is 0 Å². The molecular weight excluding hydrogens is 346 g/mol. The number of rotatable bonds is 19. The molecule has 0 fully saturated rings. The molecular formula is C16H31N3O7. The lowest BCUT2D eigenvalue weighted by Crippen LogP contribution is -2.31. The zero-order valence-corrected chi connectivity index (χ0v) is 15.2. The summed E-state index contributed by atoms with van der Waals surface area (Å²) in [6.45, 7) is 3.40. The van der Waals surface area contributed by atoms with Crippen molar-refractivity contribution in [3.05, 3.63) is 0 Å². The standard InChI is InChI=1S/C16H31N3O7/c17-3-1-2-15(21)18-4-7-24-12-13-26-14-16(22)19-5-8-23-10-11-25-9-6-20/h6H,1-5,7-14,17H2,(H,18,21)(H,19,22). The highest BCUT2D eigenvalue weighted by atomic mass is 16.5. The van der Waals surface area contributed by atoms with E-state index in [0.29, 0.717) is 78.4 Å². The Labute approximate surface area is 154 Å². The van der Waals surface area contributed by atoms with Crippen LogP contribution < -0.4 is 16.4 Å². The number of ether oxygens (including phenoxy) is 4. The van der Waals surface area contributed by atoms with Crippen LogP contribution in [0.3, 0.4) is 0 Å². The van der Waals surface area contributed by atoms with Crippen LogP contribution in [-0.2, 0) is 33.3 Å². The van der Waals surface area contributed by atoms with Gasteiger partial charge >= 0.3 is 0 Å². The second-order valence-electron chi connectivity index (χ2n) is 5.11. The lowest BCUT2D eigenvalue weighted by Gasteiger charge is -2.08. The zero-order chi connectivity index (χ0) is 19.3. The average molecular weight is 377 g/mol. The summed E-state index contributed by atoms with van der Waals surface area (Å²) in [5.74, 6) is -0.276. The molecule has 152 valence electrons. The third-order valence-electron chi connectivity index (χ3n) is 2.91. The average Bonchev–Trinajstić information content (AvgIpc) is 2.64. The predicted molar refractivity (Wildman–Crippen MR) is 93.6 cm³/mol. The van der Waals surface area contributed by atoms with Gasteiger partial charge in [-0.25, -0.2) is 0 Å². The van der Waals surface area contributed by atoms with Gasteiger partial charge in [-0.2, -0.15) is 0 Å². The molecule has 0 bridgehead atoms. The van der Waals surface area contributed by atoms with Gasteiger partial charge in [-0.05, 0) is 13.0 Å². The Balaban J connectivity index is 3.24. The highest BCUT2D eigenvalue weighted by Gasteiger charge is 2.01. The third kappa shape index (κ3) is 18.7. The Kier molecular flexibility index (Phi) is 18.5. The van der Waals surface area contributed by atoms with Crippen LogP contribution in [0.2, 0.25) is 0 Å². The van der Waals surface area contributed by atoms with Crippen molar-refractivity contribution >= 4 is 18.1 Å². The molecule has 0 saturated carbocycles. The van der Waals surface area contributed by atoms with Crippen molar-refractivity contribution in [3.8, 4) is 0 Å². The van der Waals surface area contributed by atoms with E-state index in [1.807, 2.05) is 0 Å². The summed E-state index contributed by atoms with van der Waals surface area (Å²) in [6, 6.07) is 0. The summed E-state index contributed by atoms with van der Waals surface area (Å²) in [4.78, 5) is 32.7. The summed E-state index contributed by atoms with van der Waals surface area (Å²) in [7, 11) is 0. The monoisotopic (exact) mass is 377 g/mol. The van der Waals surface area contributed by atoms with Crippen LogP contribution in [0.15, 0.2) is 0 Å². The van der Waals surface area contributed by atoms with Crippen molar-refractivity contribution < 1.29 is 33.3 Å². The Morgan fingerprint density at radius 1 is 0.808 bits per heavy atom. The van der Waals surface area contributed by atoms with Gasteiger partial charge in [0.2, 0.25) is 11.8 Å². The third-order valence-corrected chi connectivity index (χ3v) is 2.91. The number of aldehydes is 1.